The minimum atomic E-state index is -0.761. The summed E-state index contributed by atoms with van der Waals surface area (Å²) in [6, 6.07) is 0.0959. The number of nitrogens with zero attached hydrogens (tertiary/aromatic N) is 1. The van der Waals surface area contributed by atoms with Crippen LogP contribution in [0.2, 0.25) is 0 Å². The fourth-order valence-corrected chi connectivity index (χ4v) is 2.09. The summed E-state index contributed by atoms with van der Waals surface area (Å²) in [6.07, 6.45) is 3.54. The maximum Gasteiger partial charge on any atom is 0.248 e. The fraction of sp³-hybridized carbons (Fsp3) is 0.692. The molecule has 1 N–H and O–H groups in total. The van der Waals surface area contributed by atoms with Crippen LogP contribution in [0.4, 0.5) is 0 Å². The number of hydrogen-bond acceptors (Lipinski definition) is 2. The highest BCUT2D eigenvalue weighted by Crippen LogP contribution is 2.20. The highest BCUT2D eigenvalue weighted by Gasteiger charge is 2.40. The number of nitrogens with one attached hydrogen (secondary N) is 1. The average molecular weight is 238 g/mol. The van der Waals surface area contributed by atoms with Gasteiger partial charge in [0.25, 0.3) is 0 Å². The van der Waals surface area contributed by atoms with Gasteiger partial charge in [-0.25, -0.2) is 0 Å². The van der Waals surface area contributed by atoms with Crippen LogP contribution in [0.1, 0.15) is 40.0 Å². The largest absolute Gasteiger partial charge is 0.342 e. The summed E-state index contributed by atoms with van der Waals surface area (Å²) in [6.45, 7) is 9.90. The molecule has 1 fully saturated rings. The third kappa shape index (κ3) is 2.87. The lowest BCUT2D eigenvalue weighted by molar-refractivity contribution is -0.139. The first kappa shape index (κ1) is 13.7. The molecule has 0 aliphatic carbocycles. The molecule has 2 amide bonds. The van der Waals surface area contributed by atoms with Gasteiger partial charge in [-0.05, 0) is 26.7 Å². The van der Waals surface area contributed by atoms with Gasteiger partial charge < -0.3 is 10.2 Å². The molecular formula is C13H22N2O2. The smallest absolute Gasteiger partial charge is 0.248 e. The maximum atomic E-state index is 12.4. The summed E-state index contributed by atoms with van der Waals surface area (Å²) in [7, 11) is 0. The van der Waals surface area contributed by atoms with Crippen LogP contribution >= 0.6 is 0 Å². The van der Waals surface area contributed by atoms with Crippen LogP contribution in [0.25, 0.3) is 0 Å². The lowest BCUT2D eigenvalue weighted by Crippen LogP contribution is -2.56. The van der Waals surface area contributed by atoms with Crippen molar-refractivity contribution in [3.8, 4) is 0 Å². The molecule has 96 valence electrons. The lowest BCUT2D eigenvalue weighted by Gasteiger charge is -2.34. The molecule has 0 saturated carbocycles. The zero-order chi connectivity index (χ0) is 13.1. The minimum Gasteiger partial charge on any atom is -0.342 e. The van der Waals surface area contributed by atoms with E-state index in [4.69, 9.17) is 0 Å². The second-order valence-corrected chi connectivity index (χ2v) is 4.86. The molecular weight excluding hydrogens is 216 g/mol. The van der Waals surface area contributed by atoms with Gasteiger partial charge in [-0.2, -0.15) is 0 Å². The second-order valence-electron chi connectivity index (χ2n) is 4.86. The summed E-state index contributed by atoms with van der Waals surface area (Å²) < 4.78 is 0. The van der Waals surface area contributed by atoms with Crippen LogP contribution in [-0.2, 0) is 9.59 Å². The van der Waals surface area contributed by atoms with Crippen molar-refractivity contribution in [3.63, 3.8) is 0 Å². The second kappa shape index (κ2) is 5.34. The molecule has 4 nitrogen and oxygen atoms in total. The van der Waals surface area contributed by atoms with E-state index in [1.54, 1.807) is 17.9 Å². The predicted octanol–water partition coefficient (Wildman–Crippen LogP) is 1.47. The maximum absolute atomic E-state index is 12.4. The molecule has 2 atom stereocenters. The Bertz CT molecular complexity index is 327. The Morgan fingerprint density at radius 2 is 2.24 bits per heavy atom. The van der Waals surface area contributed by atoms with Crippen molar-refractivity contribution >= 4 is 11.8 Å². The highest BCUT2D eigenvalue weighted by atomic mass is 16.2. The Labute approximate surface area is 103 Å². The third-order valence-corrected chi connectivity index (χ3v) is 3.47. The quantitative estimate of drug-likeness (QED) is 0.754. The monoisotopic (exact) mass is 238 g/mol. The number of rotatable bonds is 4. The molecule has 1 heterocycles. The van der Waals surface area contributed by atoms with Crippen LogP contribution in [0, 0.1) is 0 Å². The van der Waals surface area contributed by atoms with Gasteiger partial charge in [0.2, 0.25) is 11.8 Å². The summed E-state index contributed by atoms with van der Waals surface area (Å²) in [4.78, 5) is 25.9. The molecule has 0 aromatic rings. The molecule has 0 bridgehead atoms. The predicted molar refractivity (Wildman–Crippen MR) is 67.4 cm³/mol. The molecule has 0 aromatic carbocycles. The average Bonchev–Trinajstić information content (AvgIpc) is 2.39. The number of carbonyl (C=O) groups excluding carboxylic acids is 2. The molecule has 1 aliphatic rings. The van der Waals surface area contributed by atoms with Crippen molar-refractivity contribution in [1.29, 1.82) is 0 Å². The Balaban J connectivity index is 2.95. The van der Waals surface area contributed by atoms with Crippen molar-refractivity contribution in [2.75, 3.05) is 6.54 Å². The zero-order valence-corrected chi connectivity index (χ0v) is 11.0. The van der Waals surface area contributed by atoms with E-state index in [-0.39, 0.29) is 17.9 Å². The molecule has 0 radical (unpaired) electrons. The van der Waals surface area contributed by atoms with Gasteiger partial charge in [-0.1, -0.05) is 13.0 Å². The minimum absolute atomic E-state index is 0.0141. The Morgan fingerprint density at radius 3 is 2.76 bits per heavy atom. The Hall–Kier alpha value is -1.32. The van der Waals surface area contributed by atoms with Gasteiger partial charge >= 0.3 is 0 Å². The summed E-state index contributed by atoms with van der Waals surface area (Å²) in [5, 5.41) is 2.83. The first-order valence-corrected chi connectivity index (χ1v) is 6.17. The normalized spacial score (nSPS) is 27.4. The van der Waals surface area contributed by atoms with E-state index in [0.29, 0.717) is 19.4 Å². The molecule has 17 heavy (non-hydrogen) atoms. The van der Waals surface area contributed by atoms with Crippen molar-refractivity contribution in [2.45, 2.75) is 51.6 Å². The van der Waals surface area contributed by atoms with E-state index in [1.165, 1.54) is 0 Å². The number of hydrogen-bond donors (Lipinski definition) is 1. The number of amides is 2. The molecule has 2 unspecified atom stereocenters. The first-order chi connectivity index (χ1) is 7.94. The van der Waals surface area contributed by atoms with Crippen molar-refractivity contribution in [1.82, 2.24) is 10.2 Å². The van der Waals surface area contributed by atoms with Crippen molar-refractivity contribution in [2.24, 2.45) is 0 Å². The van der Waals surface area contributed by atoms with Crippen LogP contribution in [0.3, 0.4) is 0 Å². The zero-order valence-electron chi connectivity index (χ0n) is 11.0. The lowest BCUT2D eigenvalue weighted by atomic mass is 9.96. The summed E-state index contributed by atoms with van der Waals surface area (Å²) in [5.74, 6) is -0.0313. The van der Waals surface area contributed by atoms with Gasteiger partial charge in [0, 0.05) is 19.0 Å². The van der Waals surface area contributed by atoms with Gasteiger partial charge in [-0.15, -0.1) is 6.58 Å². The van der Waals surface area contributed by atoms with Crippen LogP contribution in [0.5, 0.6) is 0 Å². The third-order valence-electron chi connectivity index (χ3n) is 3.47. The van der Waals surface area contributed by atoms with Gasteiger partial charge in [0.15, 0.2) is 0 Å². The molecule has 4 heteroatoms. The van der Waals surface area contributed by atoms with E-state index >= 15 is 0 Å². The molecule has 1 rings (SSSR count). The van der Waals surface area contributed by atoms with Gasteiger partial charge in [0.05, 0.1) is 0 Å². The Kier molecular flexibility index (Phi) is 4.32. The molecule has 0 spiro atoms. The summed E-state index contributed by atoms with van der Waals surface area (Å²) >= 11 is 0. The van der Waals surface area contributed by atoms with Crippen LogP contribution in [-0.4, -0.2) is 34.8 Å². The van der Waals surface area contributed by atoms with E-state index in [0.717, 1.165) is 6.42 Å². The van der Waals surface area contributed by atoms with Crippen LogP contribution < -0.4 is 5.32 Å². The van der Waals surface area contributed by atoms with Gasteiger partial charge in [0.1, 0.15) is 5.54 Å². The van der Waals surface area contributed by atoms with E-state index < -0.39 is 5.54 Å². The van der Waals surface area contributed by atoms with Gasteiger partial charge in [-0.3, -0.25) is 9.59 Å². The first-order valence-electron chi connectivity index (χ1n) is 6.17. The molecule has 1 aliphatic heterocycles. The van der Waals surface area contributed by atoms with E-state index in [2.05, 4.69) is 11.9 Å². The van der Waals surface area contributed by atoms with E-state index in [1.807, 2.05) is 13.8 Å². The summed E-state index contributed by atoms with van der Waals surface area (Å²) in [5.41, 5.74) is -0.761. The standard InChI is InChI=1S/C13H22N2O2/c1-5-7-10(3)15-9-8-11(16)14-13(4,6-2)12(15)17/h5,10H,1,6-9H2,2-4H3,(H,14,16). The van der Waals surface area contributed by atoms with Crippen molar-refractivity contribution < 1.29 is 9.59 Å². The topological polar surface area (TPSA) is 49.4 Å². The van der Waals surface area contributed by atoms with E-state index in [9.17, 15) is 9.59 Å². The fourth-order valence-electron chi connectivity index (χ4n) is 2.09. The molecule has 1 saturated heterocycles. The molecule has 0 aromatic heterocycles. The van der Waals surface area contributed by atoms with Crippen molar-refractivity contribution in [3.05, 3.63) is 12.7 Å². The SMILES string of the molecule is C=CCC(C)N1CCC(=O)NC(C)(CC)C1=O. The number of carbonyl (C=O) groups is 2. The van der Waals surface area contributed by atoms with Crippen LogP contribution in [0.15, 0.2) is 12.7 Å². The Morgan fingerprint density at radius 1 is 1.59 bits per heavy atom. The highest BCUT2D eigenvalue weighted by molar-refractivity contribution is 5.93.